The van der Waals surface area contributed by atoms with Crippen LogP contribution in [0.15, 0.2) is 53.4 Å². The molecule has 2 rings (SSSR count). The number of rotatable bonds is 7. The highest BCUT2D eigenvalue weighted by Crippen LogP contribution is 2.25. The molecule has 0 amide bonds. The Morgan fingerprint density at radius 2 is 1.80 bits per heavy atom. The average Bonchev–Trinajstić information content (AvgIpc) is 2.57. The molecule has 25 heavy (non-hydrogen) atoms. The Hall–Kier alpha value is -1.60. The van der Waals surface area contributed by atoms with Crippen LogP contribution in [0, 0.1) is 0 Å². The lowest BCUT2D eigenvalue weighted by Crippen LogP contribution is -2.43. The highest BCUT2D eigenvalue weighted by atomic mass is 35.5. The van der Waals surface area contributed by atoms with E-state index in [1.165, 1.54) is 18.2 Å². The van der Waals surface area contributed by atoms with Crippen LogP contribution in [0.25, 0.3) is 0 Å². The molecule has 0 aromatic heterocycles. The van der Waals surface area contributed by atoms with Gasteiger partial charge in [-0.15, -0.1) is 0 Å². The van der Waals surface area contributed by atoms with Gasteiger partial charge in [-0.3, -0.25) is 4.79 Å². The summed E-state index contributed by atoms with van der Waals surface area (Å²) in [6.45, 7) is 1.81. The summed E-state index contributed by atoms with van der Waals surface area (Å²) in [5.41, 5.74) is 0.803. The number of esters is 1. The van der Waals surface area contributed by atoms with Gasteiger partial charge in [0.1, 0.15) is 6.04 Å². The summed E-state index contributed by atoms with van der Waals surface area (Å²) in [6.07, 6.45) is 0.167. The van der Waals surface area contributed by atoms with Crippen molar-refractivity contribution in [3.05, 3.63) is 64.1 Å². The van der Waals surface area contributed by atoms with E-state index < -0.39 is 22.0 Å². The van der Waals surface area contributed by atoms with Crippen molar-refractivity contribution < 1.29 is 17.9 Å². The lowest BCUT2D eigenvalue weighted by atomic mass is 10.1. The molecule has 0 saturated heterocycles. The molecule has 0 saturated carbocycles. The van der Waals surface area contributed by atoms with E-state index in [2.05, 4.69) is 4.72 Å². The molecule has 0 aliphatic heterocycles. The lowest BCUT2D eigenvalue weighted by Gasteiger charge is -2.18. The normalized spacial score (nSPS) is 12.6. The zero-order valence-corrected chi connectivity index (χ0v) is 15.7. The van der Waals surface area contributed by atoms with Gasteiger partial charge in [-0.2, -0.15) is 4.72 Å². The van der Waals surface area contributed by atoms with Crippen molar-refractivity contribution in [2.24, 2.45) is 0 Å². The summed E-state index contributed by atoms with van der Waals surface area (Å²) in [4.78, 5) is 12.1. The van der Waals surface area contributed by atoms with E-state index >= 15 is 0 Å². The molecule has 0 aliphatic rings. The molecule has 0 spiro atoms. The molecule has 1 unspecified atom stereocenters. The number of hydrogen-bond acceptors (Lipinski definition) is 4. The van der Waals surface area contributed by atoms with E-state index in [-0.39, 0.29) is 28.0 Å². The molecular weight excluding hydrogens is 385 g/mol. The number of benzene rings is 2. The highest BCUT2D eigenvalue weighted by molar-refractivity contribution is 7.89. The minimum Gasteiger partial charge on any atom is -0.465 e. The Kier molecular flexibility index (Phi) is 6.84. The smallest absolute Gasteiger partial charge is 0.324 e. The van der Waals surface area contributed by atoms with Gasteiger partial charge in [0.05, 0.1) is 21.5 Å². The third-order valence-electron chi connectivity index (χ3n) is 3.35. The minimum absolute atomic E-state index is 0.0794. The van der Waals surface area contributed by atoms with E-state index in [9.17, 15) is 13.2 Å². The maximum atomic E-state index is 12.6. The first-order valence-corrected chi connectivity index (χ1v) is 9.75. The molecule has 2 aromatic rings. The fourth-order valence-corrected chi connectivity index (χ4v) is 3.74. The maximum absolute atomic E-state index is 12.6. The zero-order valence-electron chi connectivity index (χ0n) is 13.4. The van der Waals surface area contributed by atoms with Crippen molar-refractivity contribution in [2.45, 2.75) is 24.3 Å². The van der Waals surface area contributed by atoms with Crippen LogP contribution in [0.1, 0.15) is 12.5 Å². The number of sulfonamides is 1. The van der Waals surface area contributed by atoms with Crippen LogP contribution in [0.3, 0.4) is 0 Å². The number of nitrogens with one attached hydrogen (secondary N) is 1. The summed E-state index contributed by atoms with van der Waals surface area (Å²) in [5.74, 6) is -0.644. The van der Waals surface area contributed by atoms with Gasteiger partial charge in [0, 0.05) is 0 Å². The molecule has 0 fully saturated rings. The van der Waals surface area contributed by atoms with Gasteiger partial charge >= 0.3 is 5.97 Å². The topological polar surface area (TPSA) is 72.5 Å². The van der Waals surface area contributed by atoms with Crippen LogP contribution >= 0.6 is 23.2 Å². The second-order valence-electron chi connectivity index (χ2n) is 5.19. The molecule has 0 aliphatic carbocycles. The molecule has 134 valence electrons. The fourth-order valence-electron chi connectivity index (χ4n) is 2.17. The van der Waals surface area contributed by atoms with E-state index in [1.54, 1.807) is 19.1 Å². The second-order valence-corrected chi connectivity index (χ2v) is 7.72. The van der Waals surface area contributed by atoms with Crippen molar-refractivity contribution in [3.63, 3.8) is 0 Å². The standard InChI is InChI=1S/C17H17Cl2NO4S/c1-2-24-17(21)16(10-12-6-4-3-5-7-12)20-25(22,23)13-8-9-14(18)15(19)11-13/h3-9,11,16,20H,2,10H2,1H3. The highest BCUT2D eigenvalue weighted by Gasteiger charge is 2.27. The first-order valence-electron chi connectivity index (χ1n) is 7.51. The average molecular weight is 402 g/mol. The van der Waals surface area contributed by atoms with E-state index in [1.807, 2.05) is 18.2 Å². The van der Waals surface area contributed by atoms with Gasteiger partial charge in [-0.25, -0.2) is 8.42 Å². The summed E-state index contributed by atoms with van der Waals surface area (Å²) in [5, 5.41) is 0.354. The SMILES string of the molecule is CCOC(=O)C(Cc1ccccc1)NS(=O)(=O)c1ccc(Cl)c(Cl)c1. The molecule has 5 nitrogen and oxygen atoms in total. The molecular formula is C17H17Cl2NO4S. The molecule has 1 N–H and O–H groups in total. The van der Waals surface area contributed by atoms with Gasteiger partial charge in [-0.1, -0.05) is 53.5 Å². The molecule has 0 radical (unpaired) electrons. The van der Waals surface area contributed by atoms with Gasteiger partial charge in [0.15, 0.2) is 0 Å². The third kappa shape index (κ3) is 5.44. The monoisotopic (exact) mass is 401 g/mol. The van der Waals surface area contributed by atoms with Gasteiger partial charge in [0.25, 0.3) is 0 Å². The predicted molar refractivity (Wildman–Crippen MR) is 97.4 cm³/mol. The summed E-state index contributed by atoms with van der Waals surface area (Å²) in [6, 6.07) is 12.0. The molecule has 0 heterocycles. The Bertz CT molecular complexity index is 841. The van der Waals surface area contributed by atoms with Crippen molar-refractivity contribution in [3.8, 4) is 0 Å². The zero-order chi connectivity index (χ0) is 18.4. The van der Waals surface area contributed by atoms with Crippen molar-refractivity contribution in [1.29, 1.82) is 0 Å². The summed E-state index contributed by atoms with van der Waals surface area (Å²) in [7, 11) is -3.98. The Morgan fingerprint density at radius 1 is 1.12 bits per heavy atom. The number of hydrogen-bond donors (Lipinski definition) is 1. The second kappa shape index (κ2) is 8.67. The first-order chi connectivity index (χ1) is 11.8. The van der Waals surface area contributed by atoms with Crippen LogP contribution in [0.4, 0.5) is 0 Å². The Labute approximate surface area is 157 Å². The largest absolute Gasteiger partial charge is 0.465 e. The maximum Gasteiger partial charge on any atom is 0.324 e. The molecule has 8 heteroatoms. The Morgan fingerprint density at radius 3 is 2.40 bits per heavy atom. The molecule has 0 bridgehead atoms. The minimum atomic E-state index is -3.98. The van der Waals surface area contributed by atoms with Crippen LogP contribution in [-0.4, -0.2) is 27.0 Å². The number of carbonyl (C=O) groups excluding carboxylic acids is 1. The van der Waals surface area contributed by atoms with Crippen LogP contribution < -0.4 is 4.72 Å². The van der Waals surface area contributed by atoms with Crippen molar-refractivity contribution in [1.82, 2.24) is 4.72 Å². The van der Waals surface area contributed by atoms with Crippen LogP contribution in [-0.2, 0) is 26.0 Å². The van der Waals surface area contributed by atoms with Gasteiger partial charge in [-0.05, 0) is 37.1 Å². The van der Waals surface area contributed by atoms with E-state index in [4.69, 9.17) is 27.9 Å². The van der Waals surface area contributed by atoms with Gasteiger partial charge in [0.2, 0.25) is 10.0 Å². The van der Waals surface area contributed by atoms with Crippen LogP contribution in [0.5, 0.6) is 0 Å². The van der Waals surface area contributed by atoms with E-state index in [0.29, 0.717) is 0 Å². The fraction of sp³-hybridized carbons (Fsp3) is 0.235. The van der Waals surface area contributed by atoms with E-state index in [0.717, 1.165) is 5.56 Å². The Balaban J connectivity index is 2.27. The summed E-state index contributed by atoms with van der Waals surface area (Å²) < 4.78 is 32.5. The van der Waals surface area contributed by atoms with Crippen molar-refractivity contribution >= 4 is 39.2 Å². The molecule has 1 atom stereocenters. The van der Waals surface area contributed by atoms with Gasteiger partial charge < -0.3 is 4.74 Å². The van der Waals surface area contributed by atoms with Crippen molar-refractivity contribution in [2.75, 3.05) is 6.61 Å². The number of ether oxygens (including phenoxy) is 1. The third-order valence-corrected chi connectivity index (χ3v) is 5.56. The quantitative estimate of drug-likeness (QED) is 0.721. The number of halogens is 2. The first kappa shape index (κ1) is 19.7. The lowest BCUT2D eigenvalue weighted by molar-refractivity contribution is -0.145. The summed E-state index contributed by atoms with van der Waals surface area (Å²) >= 11 is 11.7. The van der Waals surface area contributed by atoms with Crippen LogP contribution in [0.2, 0.25) is 10.0 Å². The molecule has 2 aromatic carbocycles. The number of carbonyl (C=O) groups is 1. The predicted octanol–water partition coefficient (Wildman–Crippen LogP) is 3.45.